The number of hydrogen-bond donors (Lipinski definition) is 3. The van der Waals surface area contributed by atoms with Gasteiger partial charge in [-0.15, -0.1) is 0 Å². The van der Waals surface area contributed by atoms with Crippen LogP contribution < -0.4 is 16.0 Å². The van der Waals surface area contributed by atoms with E-state index in [-0.39, 0.29) is 17.7 Å². The Hall–Kier alpha value is -2.50. The van der Waals surface area contributed by atoms with Gasteiger partial charge in [-0.25, -0.2) is 0 Å². The maximum absolute atomic E-state index is 13.7. The summed E-state index contributed by atoms with van der Waals surface area (Å²) < 4.78 is 6.43. The zero-order valence-electron chi connectivity index (χ0n) is 21.7. The fraction of sp³-hybridized carbons (Fsp3) is 0.483. The Kier molecular flexibility index (Phi) is 10.5. The molecule has 9 heteroatoms. The van der Waals surface area contributed by atoms with E-state index >= 15 is 0 Å². The number of amides is 3. The monoisotopic (exact) mass is 632 g/mol. The van der Waals surface area contributed by atoms with Gasteiger partial charge in [0.2, 0.25) is 11.8 Å². The van der Waals surface area contributed by atoms with Gasteiger partial charge in [0.1, 0.15) is 11.6 Å². The van der Waals surface area contributed by atoms with Crippen molar-refractivity contribution in [3.8, 4) is 0 Å². The van der Waals surface area contributed by atoms with Gasteiger partial charge < -0.3 is 20.7 Å². The van der Waals surface area contributed by atoms with E-state index in [0.717, 1.165) is 61.2 Å². The first-order valence-corrected chi connectivity index (χ1v) is 14.5. The van der Waals surface area contributed by atoms with Crippen LogP contribution in [0.2, 0.25) is 0 Å². The lowest BCUT2D eigenvalue weighted by atomic mass is 9.94. The molecule has 1 heterocycles. The highest BCUT2D eigenvalue weighted by Gasteiger charge is 2.43. The standard InChI is InChI=1S/C29H37IN4O4/c30-24-11-9-23(10-12-24)26(35)33-29(13-4-5-14-29)28(37)32-25(21-22-7-2-1-3-8-22)27(36)31-15-6-16-34-17-19-38-20-18-34/h1-3,7-12,25H,4-6,13-21H2,(H,31,36)(H,32,37)(H,33,35)/t25-/m1/s1. The Morgan fingerprint density at radius 3 is 2.34 bits per heavy atom. The van der Waals surface area contributed by atoms with Crippen LogP contribution in [0.1, 0.15) is 48.0 Å². The van der Waals surface area contributed by atoms with Gasteiger partial charge in [0.25, 0.3) is 5.91 Å². The highest BCUT2D eigenvalue weighted by Crippen LogP contribution is 2.30. The van der Waals surface area contributed by atoms with Crippen LogP contribution in [0.5, 0.6) is 0 Å². The molecule has 3 N–H and O–H groups in total. The van der Waals surface area contributed by atoms with E-state index < -0.39 is 11.6 Å². The van der Waals surface area contributed by atoms with Crippen molar-refractivity contribution in [2.75, 3.05) is 39.4 Å². The summed E-state index contributed by atoms with van der Waals surface area (Å²) in [5.41, 5.74) is 0.457. The molecule has 4 rings (SSSR count). The second kappa shape index (κ2) is 14.0. The number of halogens is 1. The average molecular weight is 633 g/mol. The van der Waals surface area contributed by atoms with E-state index in [0.29, 0.717) is 31.4 Å². The molecule has 1 aliphatic carbocycles. The maximum atomic E-state index is 13.7. The van der Waals surface area contributed by atoms with Gasteiger partial charge in [-0.05, 0) is 78.2 Å². The van der Waals surface area contributed by atoms with Gasteiger partial charge in [-0.3, -0.25) is 19.3 Å². The smallest absolute Gasteiger partial charge is 0.252 e. The van der Waals surface area contributed by atoms with Crippen molar-refractivity contribution >= 4 is 40.3 Å². The lowest BCUT2D eigenvalue weighted by Gasteiger charge is -2.31. The first-order valence-electron chi connectivity index (χ1n) is 13.5. The van der Waals surface area contributed by atoms with Gasteiger partial charge in [0, 0.05) is 35.2 Å². The SMILES string of the molecule is O=C(NC1(C(=O)N[C@H](Cc2ccccc2)C(=O)NCCCN2CCOCC2)CCCC1)c1ccc(I)cc1. The van der Waals surface area contributed by atoms with E-state index in [1.807, 2.05) is 42.5 Å². The fourth-order valence-electron chi connectivity index (χ4n) is 5.10. The number of ether oxygens (including phenoxy) is 1. The minimum atomic E-state index is -1.02. The summed E-state index contributed by atoms with van der Waals surface area (Å²) in [5.74, 6) is -0.773. The molecule has 1 saturated heterocycles. The van der Waals surface area contributed by atoms with Crippen molar-refractivity contribution in [3.63, 3.8) is 0 Å². The van der Waals surface area contributed by atoms with Crippen LogP contribution in [0, 0.1) is 3.57 Å². The summed E-state index contributed by atoms with van der Waals surface area (Å²) in [6.07, 6.45) is 3.99. The molecule has 1 atom stereocenters. The number of carbonyl (C=O) groups is 3. The van der Waals surface area contributed by atoms with E-state index in [9.17, 15) is 14.4 Å². The van der Waals surface area contributed by atoms with Crippen LogP contribution >= 0.6 is 22.6 Å². The van der Waals surface area contributed by atoms with Crippen LogP contribution in [0.3, 0.4) is 0 Å². The van der Waals surface area contributed by atoms with Gasteiger partial charge in [-0.2, -0.15) is 0 Å². The largest absolute Gasteiger partial charge is 0.379 e. The lowest BCUT2D eigenvalue weighted by molar-refractivity contribution is -0.132. The summed E-state index contributed by atoms with van der Waals surface area (Å²) in [5, 5.41) is 9.06. The van der Waals surface area contributed by atoms with Crippen molar-refractivity contribution in [2.24, 2.45) is 0 Å². The van der Waals surface area contributed by atoms with E-state index in [2.05, 4.69) is 43.4 Å². The predicted octanol–water partition coefficient (Wildman–Crippen LogP) is 2.90. The van der Waals surface area contributed by atoms with Gasteiger partial charge in [0.15, 0.2) is 0 Å². The molecule has 204 valence electrons. The molecule has 38 heavy (non-hydrogen) atoms. The number of benzene rings is 2. The van der Waals surface area contributed by atoms with E-state index in [1.54, 1.807) is 12.1 Å². The number of carbonyl (C=O) groups excluding carboxylic acids is 3. The van der Waals surface area contributed by atoms with Gasteiger partial charge >= 0.3 is 0 Å². The number of hydrogen-bond acceptors (Lipinski definition) is 5. The molecule has 1 saturated carbocycles. The molecule has 2 aliphatic rings. The third-order valence-electron chi connectivity index (χ3n) is 7.31. The summed E-state index contributed by atoms with van der Waals surface area (Å²) in [7, 11) is 0. The summed E-state index contributed by atoms with van der Waals surface area (Å²) >= 11 is 2.19. The molecule has 0 unspecified atom stereocenters. The zero-order valence-corrected chi connectivity index (χ0v) is 23.9. The Balaban J connectivity index is 1.40. The normalized spacial score (nSPS) is 17.9. The summed E-state index contributed by atoms with van der Waals surface area (Å²) in [6, 6.07) is 16.2. The molecule has 3 amide bonds. The molecule has 0 radical (unpaired) electrons. The molecule has 2 fully saturated rings. The van der Waals surface area contributed by atoms with Crippen LogP contribution in [0.15, 0.2) is 54.6 Å². The van der Waals surface area contributed by atoms with Gasteiger partial charge in [-0.1, -0.05) is 43.2 Å². The molecule has 2 aromatic carbocycles. The number of morpholine rings is 1. The van der Waals surface area contributed by atoms with Crippen molar-refractivity contribution < 1.29 is 19.1 Å². The Morgan fingerprint density at radius 1 is 0.974 bits per heavy atom. The van der Waals surface area contributed by atoms with Gasteiger partial charge in [0.05, 0.1) is 13.2 Å². The van der Waals surface area contributed by atoms with Crippen molar-refractivity contribution in [2.45, 2.75) is 50.1 Å². The summed E-state index contributed by atoms with van der Waals surface area (Å²) in [4.78, 5) is 42.4. The van der Waals surface area contributed by atoms with Crippen LogP contribution in [-0.2, 0) is 20.7 Å². The van der Waals surface area contributed by atoms with E-state index in [1.165, 1.54) is 0 Å². The average Bonchev–Trinajstić information content (AvgIpc) is 3.42. The quantitative estimate of drug-likeness (QED) is 0.262. The Labute approximate surface area is 238 Å². The van der Waals surface area contributed by atoms with Crippen molar-refractivity contribution in [1.82, 2.24) is 20.9 Å². The first-order chi connectivity index (χ1) is 18.4. The molecule has 0 spiro atoms. The molecule has 0 aromatic heterocycles. The summed E-state index contributed by atoms with van der Waals surface area (Å²) in [6.45, 7) is 4.76. The number of rotatable bonds is 11. The Bertz CT molecular complexity index is 1070. The minimum absolute atomic E-state index is 0.207. The van der Waals surface area contributed by atoms with E-state index in [4.69, 9.17) is 4.74 Å². The third-order valence-corrected chi connectivity index (χ3v) is 8.03. The van der Waals surface area contributed by atoms with Crippen LogP contribution in [0.25, 0.3) is 0 Å². The molecule has 0 bridgehead atoms. The third kappa shape index (κ3) is 8.00. The molecular weight excluding hydrogens is 595 g/mol. The van der Waals surface area contributed by atoms with Crippen molar-refractivity contribution in [3.05, 3.63) is 69.3 Å². The topological polar surface area (TPSA) is 99.8 Å². The second-order valence-corrected chi connectivity index (χ2v) is 11.3. The lowest BCUT2D eigenvalue weighted by Crippen LogP contribution is -2.61. The number of nitrogens with zero attached hydrogens (tertiary/aromatic N) is 1. The first kappa shape index (κ1) is 28.5. The fourth-order valence-corrected chi connectivity index (χ4v) is 5.46. The molecular formula is C29H37IN4O4. The highest BCUT2D eigenvalue weighted by molar-refractivity contribution is 14.1. The number of nitrogens with one attached hydrogen (secondary N) is 3. The maximum Gasteiger partial charge on any atom is 0.252 e. The molecule has 1 aliphatic heterocycles. The zero-order chi connectivity index (χ0) is 26.8. The van der Waals surface area contributed by atoms with Crippen LogP contribution in [-0.4, -0.2) is 73.6 Å². The molecule has 8 nitrogen and oxygen atoms in total. The highest BCUT2D eigenvalue weighted by atomic mass is 127. The van der Waals surface area contributed by atoms with Crippen LogP contribution in [0.4, 0.5) is 0 Å². The predicted molar refractivity (Wildman–Crippen MR) is 155 cm³/mol. The minimum Gasteiger partial charge on any atom is -0.379 e. The molecule has 2 aromatic rings. The van der Waals surface area contributed by atoms with Crippen molar-refractivity contribution in [1.29, 1.82) is 0 Å². The Morgan fingerprint density at radius 2 is 1.66 bits per heavy atom. The second-order valence-electron chi connectivity index (χ2n) is 10.1.